The molecule has 27 heavy (non-hydrogen) atoms. The van der Waals surface area contributed by atoms with Crippen molar-refractivity contribution in [1.29, 1.82) is 0 Å². The van der Waals surface area contributed by atoms with Gasteiger partial charge in [0.25, 0.3) is 0 Å². The van der Waals surface area contributed by atoms with E-state index in [-0.39, 0.29) is 0 Å². The molecule has 0 saturated carbocycles. The Kier molecular flexibility index (Phi) is 4.74. The molecule has 0 aliphatic rings. The topological polar surface area (TPSA) is 84.6 Å². The van der Waals surface area contributed by atoms with Crippen LogP contribution in [-0.2, 0) is 19.4 Å². The van der Waals surface area contributed by atoms with Crippen molar-refractivity contribution in [2.45, 2.75) is 33.2 Å². The van der Waals surface area contributed by atoms with Gasteiger partial charge in [-0.15, -0.1) is 5.10 Å². The molecule has 4 rings (SSSR count). The molecule has 4 aromatic rings. The lowest BCUT2D eigenvalue weighted by Gasteiger charge is -2.05. The fourth-order valence-electron chi connectivity index (χ4n) is 3.10. The third-order valence-electron chi connectivity index (χ3n) is 4.59. The van der Waals surface area contributed by atoms with E-state index in [1.165, 1.54) is 0 Å². The molecule has 7 nitrogen and oxygen atoms in total. The van der Waals surface area contributed by atoms with Gasteiger partial charge in [-0.05, 0) is 38.1 Å². The Bertz CT molecular complexity index is 1000. The van der Waals surface area contributed by atoms with Crippen LogP contribution in [0.1, 0.15) is 28.5 Å². The fourth-order valence-corrected chi connectivity index (χ4v) is 3.10. The fraction of sp³-hybridized carbons (Fsp3) is 0.250. The Morgan fingerprint density at radius 1 is 1.07 bits per heavy atom. The molecule has 0 unspecified atom stereocenters. The molecule has 2 N–H and O–H groups in total. The zero-order valence-electron chi connectivity index (χ0n) is 15.4. The van der Waals surface area contributed by atoms with Gasteiger partial charge in [-0.2, -0.15) is 10.1 Å². The molecular weight excluding hydrogens is 340 g/mol. The van der Waals surface area contributed by atoms with E-state index < -0.39 is 0 Å². The van der Waals surface area contributed by atoms with Crippen molar-refractivity contribution in [3.63, 3.8) is 0 Å². The van der Waals surface area contributed by atoms with Crippen LogP contribution >= 0.6 is 0 Å². The molecule has 0 aliphatic carbocycles. The number of para-hydroxylation sites is 1. The number of nitrogens with one attached hydrogen (secondary N) is 2. The molecule has 0 amide bonds. The minimum atomic E-state index is 0.593. The predicted octanol–water partition coefficient (Wildman–Crippen LogP) is 3.60. The molecule has 0 bridgehead atoms. The number of aryl methyl sites for hydroxylation is 3. The van der Waals surface area contributed by atoms with E-state index >= 15 is 0 Å². The number of furan rings is 1. The van der Waals surface area contributed by atoms with Gasteiger partial charge in [-0.1, -0.05) is 18.2 Å². The zero-order valence-corrected chi connectivity index (χ0v) is 15.4. The van der Waals surface area contributed by atoms with Crippen molar-refractivity contribution in [2.24, 2.45) is 0 Å². The molecule has 138 valence electrons. The van der Waals surface area contributed by atoms with E-state index in [0.717, 1.165) is 47.1 Å². The van der Waals surface area contributed by atoms with Crippen molar-refractivity contribution >= 4 is 5.95 Å². The highest BCUT2D eigenvalue weighted by molar-refractivity contribution is 5.38. The van der Waals surface area contributed by atoms with Crippen LogP contribution in [0, 0.1) is 13.8 Å². The molecule has 0 spiro atoms. The lowest BCUT2D eigenvalue weighted by atomic mass is 10.2. The van der Waals surface area contributed by atoms with Crippen LogP contribution in [0.2, 0.25) is 0 Å². The van der Waals surface area contributed by atoms with Crippen molar-refractivity contribution in [3.05, 3.63) is 77.3 Å². The molecule has 0 fully saturated rings. The molecule has 1 aromatic carbocycles. The summed E-state index contributed by atoms with van der Waals surface area (Å²) in [5.74, 6) is 2.37. The largest absolute Gasteiger partial charge is 0.469 e. The SMILES string of the molecule is Cc1nn(-c2ccccc2)c(C)c1CNc1n[nH]c(CCc2ccco2)n1. The summed E-state index contributed by atoms with van der Waals surface area (Å²) in [6.45, 7) is 4.73. The normalized spacial score (nSPS) is 11.0. The molecule has 0 atom stereocenters. The monoisotopic (exact) mass is 362 g/mol. The number of H-pyrrole nitrogens is 1. The van der Waals surface area contributed by atoms with E-state index in [4.69, 9.17) is 4.42 Å². The number of rotatable bonds is 7. The minimum absolute atomic E-state index is 0.593. The van der Waals surface area contributed by atoms with Crippen molar-refractivity contribution in [3.8, 4) is 5.69 Å². The highest BCUT2D eigenvalue weighted by atomic mass is 16.3. The molecule has 0 aliphatic heterocycles. The minimum Gasteiger partial charge on any atom is -0.469 e. The highest BCUT2D eigenvalue weighted by Gasteiger charge is 2.13. The highest BCUT2D eigenvalue weighted by Crippen LogP contribution is 2.18. The summed E-state index contributed by atoms with van der Waals surface area (Å²) < 4.78 is 7.32. The van der Waals surface area contributed by atoms with Gasteiger partial charge in [-0.3, -0.25) is 5.10 Å². The molecule has 3 heterocycles. The average Bonchev–Trinajstić information content (AvgIpc) is 3.41. The standard InChI is InChI=1S/C20H22N6O/c1-14-18(15(2)26(25-14)16-7-4-3-5-8-16)13-21-20-22-19(23-24-20)11-10-17-9-6-12-27-17/h3-9,12H,10-11,13H2,1-2H3,(H2,21,22,23,24). The summed E-state index contributed by atoms with van der Waals surface area (Å²) in [7, 11) is 0. The Morgan fingerprint density at radius 3 is 2.70 bits per heavy atom. The van der Waals surface area contributed by atoms with Gasteiger partial charge in [0.2, 0.25) is 5.95 Å². The first-order valence-electron chi connectivity index (χ1n) is 8.99. The summed E-state index contributed by atoms with van der Waals surface area (Å²) in [5.41, 5.74) is 4.32. The van der Waals surface area contributed by atoms with Crippen LogP contribution in [0.5, 0.6) is 0 Å². The number of aromatic nitrogens is 5. The predicted molar refractivity (Wildman–Crippen MR) is 103 cm³/mol. The summed E-state index contributed by atoms with van der Waals surface area (Å²) in [5, 5.41) is 15.2. The molecule has 3 aromatic heterocycles. The van der Waals surface area contributed by atoms with E-state index in [9.17, 15) is 0 Å². The van der Waals surface area contributed by atoms with Crippen LogP contribution in [0.25, 0.3) is 5.69 Å². The molecule has 0 saturated heterocycles. The third kappa shape index (κ3) is 3.76. The Labute approximate surface area is 157 Å². The number of hydrogen-bond acceptors (Lipinski definition) is 5. The quantitative estimate of drug-likeness (QED) is 0.525. The first-order valence-corrected chi connectivity index (χ1v) is 8.99. The Hall–Kier alpha value is -3.35. The second kappa shape index (κ2) is 7.49. The van der Waals surface area contributed by atoms with Gasteiger partial charge in [0.15, 0.2) is 0 Å². The van der Waals surface area contributed by atoms with Crippen molar-refractivity contribution < 1.29 is 4.42 Å². The lowest BCUT2D eigenvalue weighted by Crippen LogP contribution is -2.04. The number of anilines is 1. The van der Waals surface area contributed by atoms with Crippen LogP contribution in [0.3, 0.4) is 0 Å². The zero-order chi connectivity index (χ0) is 18.6. The van der Waals surface area contributed by atoms with Gasteiger partial charge < -0.3 is 9.73 Å². The maximum absolute atomic E-state index is 5.35. The smallest absolute Gasteiger partial charge is 0.242 e. The van der Waals surface area contributed by atoms with E-state index in [0.29, 0.717) is 12.5 Å². The first kappa shape index (κ1) is 17.1. The summed E-state index contributed by atoms with van der Waals surface area (Å²) in [6, 6.07) is 14.0. The van der Waals surface area contributed by atoms with Crippen LogP contribution < -0.4 is 5.32 Å². The lowest BCUT2D eigenvalue weighted by molar-refractivity contribution is 0.506. The van der Waals surface area contributed by atoms with Crippen molar-refractivity contribution in [1.82, 2.24) is 25.0 Å². The average molecular weight is 362 g/mol. The number of aromatic amines is 1. The maximum atomic E-state index is 5.35. The first-order chi connectivity index (χ1) is 13.2. The summed E-state index contributed by atoms with van der Waals surface area (Å²) in [4.78, 5) is 4.50. The molecule has 7 heteroatoms. The van der Waals surface area contributed by atoms with Gasteiger partial charge in [0.1, 0.15) is 11.6 Å². The number of nitrogens with zero attached hydrogens (tertiary/aromatic N) is 4. The Balaban J connectivity index is 1.41. The Morgan fingerprint density at radius 2 is 1.93 bits per heavy atom. The molecular formula is C20H22N6O. The number of benzene rings is 1. The summed E-state index contributed by atoms with van der Waals surface area (Å²) in [6.07, 6.45) is 3.23. The van der Waals surface area contributed by atoms with Gasteiger partial charge >= 0.3 is 0 Å². The number of hydrogen-bond donors (Lipinski definition) is 2. The maximum Gasteiger partial charge on any atom is 0.242 e. The third-order valence-corrected chi connectivity index (χ3v) is 4.59. The summed E-state index contributed by atoms with van der Waals surface area (Å²) >= 11 is 0. The van der Waals surface area contributed by atoms with Gasteiger partial charge in [-0.25, -0.2) is 4.68 Å². The molecule has 0 radical (unpaired) electrons. The van der Waals surface area contributed by atoms with E-state index in [2.05, 4.69) is 44.7 Å². The van der Waals surface area contributed by atoms with Crippen LogP contribution in [-0.4, -0.2) is 25.0 Å². The van der Waals surface area contributed by atoms with Crippen LogP contribution in [0.15, 0.2) is 53.1 Å². The van der Waals surface area contributed by atoms with E-state index in [1.54, 1.807) is 6.26 Å². The van der Waals surface area contributed by atoms with Crippen molar-refractivity contribution in [2.75, 3.05) is 5.32 Å². The second-order valence-electron chi connectivity index (χ2n) is 6.44. The second-order valence-corrected chi connectivity index (χ2v) is 6.44. The van der Waals surface area contributed by atoms with E-state index in [1.807, 2.05) is 41.9 Å². The van der Waals surface area contributed by atoms with Crippen LogP contribution in [0.4, 0.5) is 5.95 Å². The van der Waals surface area contributed by atoms with Gasteiger partial charge in [0, 0.05) is 30.6 Å². The van der Waals surface area contributed by atoms with Gasteiger partial charge in [0.05, 0.1) is 17.6 Å².